The highest BCUT2D eigenvalue weighted by molar-refractivity contribution is 5.96. The first-order chi connectivity index (χ1) is 13.9. The molecule has 1 atom stereocenters. The molecule has 2 heterocycles. The van der Waals surface area contributed by atoms with E-state index in [1.807, 2.05) is 43.3 Å². The fourth-order valence-corrected chi connectivity index (χ4v) is 3.78. The molecule has 0 bridgehead atoms. The Morgan fingerprint density at radius 1 is 1.10 bits per heavy atom. The van der Waals surface area contributed by atoms with Crippen molar-refractivity contribution < 1.29 is 9.59 Å². The van der Waals surface area contributed by atoms with Crippen LogP contribution >= 0.6 is 0 Å². The van der Waals surface area contributed by atoms with E-state index in [1.54, 1.807) is 17.0 Å². The van der Waals surface area contributed by atoms with Gasteiger partial charge in [-0.2, -0.15) is 0 Å². The Morgan fingerprint density at radius 3 is 2.55 bits per heavy atom. The van der Waals surface area contributed by atoms with Gasteiger partial charge in [-0.25, -0.2) is 0 Å². The van der Waals surface area contributed by atoms with E-state index in [4.69, 9.17) is 0 Å². The summed E-state index contributed by atoms with van der Waals surface area (Å²) >= 11 is 0. The van der Waals surface area contributed by atoms with Gasteiger partial charge in [-0.1, -0.05) is 30.3 Å². The van der Waals surface area contributed by atoms with Gasteiger partial charge >= 0.3 is 0 Å². The second kappa shape index (κ2) is 7.50. The number of aryl methyl sites for hydroxylation is 1. The first-order valence-corrected chi connectivity index (χ1v) is 9.60. The highest BCUT2D eigenvalue weighted by Crippen LogP contribution is 2.28. The predicted octanol–water partition coefficient (Wildman–Crippen LogP) is 3.43. The van der Waals surface area contributed by atoms with Gasteiger partial charge in [-0.15, -0.1) is 10.2 Å². The first kappa shape index (κ1) is 18.9. The van der Waals surface area contributed by atoms with Crippen LogP contribution in [0.15, 0.2) is 48.5 Å². The Balaban J connectivity index is 1.58. The van der Waals surface area contributed by atoms with Crippen molar-refractivity contribution >= 4 is 17.5 Å². The van der Waals surface area contributed by atoms with Crippen LogP contribution < -0.4 is 5.32 Å². The lowest BCUT2D eigenvalue weighted by atomic mass is 10.1. The summed E-state index contributed by atoms with van der Waals surface area (Å²) in [6, 6.07) is 15.4. The molecule has 0 saturated heterocycles. The summed E-state index contributed by atoms with van der Waals surface area (Å²) in [6.07, 6.45) is 0. The maximum atomic E-state index is 13.1. The van der Waals surface area contributed by atoms with Gasteiger partial charge in [0, 0.05) is 30.3 Å². The molecule has 0 aliphatic carbocycles. The van der Waals surface area contributed by atoms with E-state index in [0.29, 0.717) is 24.3 Å². The van der Waals surface area contributed by atoms with Gasteiger partial charge in [-0.05, 0) is 37.6 Å². The lowest BCUT2D eigenvalue weighted by molar-refractivity contribution is -0.114. The summed E-state index contributed by atoms with van der Waals surface area (Å²) in [5.74, 6) is 1.42. The third kappa shape index (κ3) is 3.63. The summed E-state index contributed by atoms with van der Waals surface area (Å²) in [4.78, 5) is 26.2. The van der Waals surface area contributed by atoms with Gasteiger partial charge in [-0.3, -0.25) is 9.59 Å². The van der Waals surface area contributed by atoms with E-state index in [-0.39, 0.29) is 17.9 Å². The van der Waals surface area contributed by atoms with Crippen molar-refractivity contribution in [2.24, 2.45) is 0 Å². The molecule has 1 aliphatic rings. The normalized spacial score (nSPS) is 15.7. The quantitative estimate of drug-likeness (QED) is 0.744. The highest BCUT2D eigenvalue weighted by atomic mass is 16.2. The Bertz CT molecular complexity index is 1070. The molecule has 1 N–H and O–H groups in total. The Labute approximate surface area is 169 Å². The van der Waals surface area contributed by atoms with Crippen molar-refractivity contribution in [1.29, 1.82) is 0 Å². The number of carbonyl (C=O) groups is 2. The van der Waals surface area contributed by atoms with Crippen LogP contribution in [0.25, 0.3) is 11.4 Å². The topological polar surface area (TPSA) is 80.1 Å². The zero-order valence-corrected chi connectivity index (χ0v) is 16.7. The Morgan fingerprint density at radius 2 is 1.86 bits per heavy atom. The van der Waals surface area contributed by atoms with Crippen LogP contribution in [0, 0.1) is 6.92 Å². The van der Waals surface area contributed by atoms with E-state index in [1.165, 1.54) is 6.92 Å². The third-order valence-electron chi connectivity index (χ3n) is 5.13. The molecule has 1 aliphatic heterocycles. The van der Waals surface area contributed by atoms with Crippen molar-refractivity contribution in [2.75, 3.05) is 11.9 Å². The number of aromatic nitrogens is 3. The maximum Gasteiger partial charge on any atom is 0.254 e. The molecule has 1 aromatic heterocycles. The third-order valence-corrected chi connectivity index (χ3v) is 5.13. The van der Waals surface area contributed by atoms with Gasteiger partial charge in [0.25, 0.3) is 5.91 Å². The number of fused-ring (bicyclic) bond motifs is 1. The average molecular weight is 389 g/mol. The van der Waals surface area contributed by atoms with Crippen LogP contribution in [0.2, 0.25) is 0 Å². The van der Waals surface area contributed by atoms with Crippen LogP contribution in [-0.4, -0.2) is 38.0 Å². The number of nitrogens with zero attached hydrogens (tertiary/aromatic N) is 4. The summed E-state index contributed by atoms with van der Waals surface area (Å²) < 4.78 is 2.12. The van der Waals surface area contributed by atoms with Gasteiger partial charge in [0.2, 0.25) is 5.91 Å². The molecular weight excluding hydrogens is 366 g/mol. The molecule has 2 aromatic carbocycles. The van der Waals surface area contributed by atoms with Gasteiger partial charge in [0.15, 0.2) is 11.6 Å². The van der Waals surface area contributed by atoms with Gasteiger partial charge < -0.3 is 14.8 Å². The number of benzene rings is 2. The minimum atomic E-state index is -0.134. The number of carbonyl (C=O) groups excluding carboxylic acids is 2. The smallest absolute Gasteiger partial charge is 0.254 e. The second-order valence-corrected chi connectivity index (χ2v) is 7.42. The number of nitrogens with one attached hydrogen (secondary N) is 1. The molecular formula is C22H23N5O2. The number of hydrogen-bond donors (Lipinski definition) is 1. The molecule has 2 amide bonds. The fraction of sp³-hybridized carbons (Fsp3) is 0.273. The largest absolute Gasteiger partial charge is 0.329 e. The van der Waals surface area contributed by atoms with Crippen molar-refractivity contribution in [3.8, 4) is 11.4 Å². The molecule has 3 aromatic rings. The lowest BCUT2D eigenvalue weighted by Crippen LogP contribution is -2.40. The predicted molar refractivity (Wildman–Crippen MR) is 110 cm³/mol. The summed E-state index contributed by atoms with van der Waals surface area (Å²) in [6.45, 7) is 6.41. The van der Waals surface area contributed by atoms with Crippen LogP contribution in [0.3, 0.4) is 0 Å². The fourth-order valence-electron chi connectivity index (χ4n) is 3.78. The number of amides is 2. The molecule has 7 nitrogen and oxygen atoms in total. The molecule has 0 fully saturated rings. The van der Waals surface area contributed by atoms with Gasteiger partial charge in [0.05, 0.1) is 12.6 Å². The molecule has 0 unspecified atom stereocenters. The molecule has 29 heavy (non-hydrogen) atoms. The SMILES string of the molecule is CC(=O)Nc1ccc(C(=O)N2Cc3nnc(-c4ccccc4)n3[C@@H](C)C2)cc1C. The minimum Gasteiger partial charge on any atom is -0.329 e. The van der Waals surface area contributed by atoms with E-state index >= 15 is 0 Å². The van der Waals surface area contributed by atoms with Gasteiger partial charge in [0.1, 0.15) is 0 Å². The van der Waals surface area contributed by atoms with E-state index < -0.39 is 0 Å². The van der Waals surface area contributed by atoms with Crippen molar-refractivity contribution in [3.63, 3.8) is 0 Å². The van der Waals surface area contributed by atoms with Crippen LogP contribution in [0.5, 0.6) is 0 Å². The Hall–Kier alpha value is -3.48. The van der Waals surface area contributed by atoms with Crippen LogP contribution in [0.4, 0.5) is 5.69 Å². The van der Waals surface area contributed by atoms with E-state index in [9.17, 15) is 9.59 Å². The van der Waals surface area contributed by atoms with E-state index in [2.05, 4.69) is 27.0 Å². The van der Waals surface area contributed by atoms with Crippen LogP contribution in [-0.2, 0) is 11.3 Å². The molecule has 0 radical (unpaired) electrons. The molecule has 7 heteroatoms. The highest BCUT2D eigenvalue weighted by Gasteiger charge is 2.30. The van der Waals surface area contributed by atoms with Crippen molar-refractivity contribution in [1.82, 2.24) is 19.7 Å². The zero-order chi connectivity index (χ0) is 20.5. The number of rotatable bonds is 3. The molecule has 4 rings (SSSR count). The standard InChI is InChI=1S/C22H23N5O2/c1-14-11-18(9-10-19(14)23-16(3)28)22(29)26-12-15(2)27-20(13-26)24-25-21(27)17-7-5-4-6-8-17/h4-11,15H,12-13H2,1-3H3,(H,23,28)/t15-/m0/s1. The molecule has 0 saturated carbocycles. The first-order valence-electron chi connectivity index (χ1n) is 9.60. The van der Waals surface area contributed by atoms with Crippen molar-refractivity contribution in [3.05, 3.63) is 65.5 Å². The van der Waals surface area contributed by atoms with Crippen LogP contribution in [0.1, 0.15) is 41.6 Å². The summed E-state index contributed by atoms with van der Waals surface area (Å²) in [5.41, 5.74) is 3.18. The summed E-state index contributed by atoms with van der Waals surface area (Å²) in [5, 5.41) is 11.5. The molecule has 148 valence electrons. The maximum absolute atomic E-state index is 13.1. The summed E-state index contributed by atoms with van der Waals surface area (Å²) in [7, 11) is 0. The monoisotopic (exact) mass is 389 g/mol. The number of anilines is 1. The minimum absolute atomic E-state index is 0.0511. The van der Waals surface area contributed by atoms with Crippen molar-refractivity contribution in [2.45, 2.75) is 33.4 Å². The molecule has 0 spiro atoms. The van der Waals surface area contributed by atoms with E-state index in [0.717, 1.165) is 22.8 Å². The zero-order valence-electron chi connectivity index (χ0n) is 16.7. The number of hydrogen-bond acceptors (Lipinski definition) is 4. The average Bonchev–Trinajstić information content (AvgIpc) is 3.14. The Kier molecular flexibility index (Phi) is 4.88. The second-order valence-electron chi connectivity index (χ2n) is 7.42. The lowest BCUT2D eigenvalue weighted by Gasteiger charge is -2.32.